The van der Waals surface area contributed by atoms with Gasteiger partial charge in [0.15, 0.2) is 0 Å². The standard InChI is InChI=1S/C13H14N2O4.ClH/c1-3-18-13(17)19-12(16)8-4-5-10-9(6-8)7-11(14-2)15-10;/h4-6H,3,7H2,1-2H3,(H,14,15);1H. The number of hydrogen-bond acceptors (Lipinski definition) is 5. The van der Waals surface area contributed by atoms with E-state index in [9.17, 15) is 9.59 Å². The number of rotatable bonds is 2. The van der Waals surface area contributed by atoms with Gasteiger partial charge in [0, 0.05) is 19.2 Å². The third kappa shape index (κ3) is 3.48. The highest BCUT2D eigenvalue weighted by Crippen LogP contribution is 2.24. The number of halogens is 1. The van der Waals surface area contributed by atoms with Crippen LogP contribution in [0.4, 0.5) is 10.5 Å². The van der Waals surface area contributed by atoms with Crippen molar-refractivity contribution in [3.05, 3.63) is 29.3 Å². The van der Waals surface area contributed by atoms with Gasteiger partial charge in [-0.1, -0.05) is 0 Å². The Bertz CT molecular complexity index is 557. The molecule has 108 valence electrons. The zero-order chi connectivity index (χ0) is 13.8. The summed E-state index contributed by atoms with van der Waals surface area (Å²) in [7, 11) is 1.70. The Labute approximate surface area is 122 Å². The van der Waals surface area contributed by atoms with Crippen LogP contribution in [0, 0.1) is 0 Å². The van der Waals surface area contributed by atoms with Gasteiger partial charge in [0.05, 0.1) is 12.2 Å². The summed E-state index contributed by atoms with van der Waals surface area (Å²) in [4.78, 5) is 26.8. The van der Waals surface area contributed by atoms with Crippen LogP contribution in [0.1, 0.15) is 22.8 Å². The molecule has 0 spiro atoms. The second-order valence-corrected chi connectivity index (χ2v) is 3.92. The van der Waals surface area contributed by atoms with E-state index in [1.807, 2.05) is 0 Å². The van der Waals surface area contributed by atoms with Crippen LogP contribution in [-0.2, 0) is 15.9 Å². The molecular weight excluding hydrogens is 284 g/mol. The molecule has 20 heavy (non-hydrogen) atoms. The van der Waals surface area contributed by atoms with Crippen molar-refractivity contribution >= 4 is 36.1 Å². The van der Waals surface area contributed by atoms with E-state index >= 15 is 0 Å². The predicted octanol–water partition coefficient (Wildman–Crippen LogP) is 2.42. The summed E-state index contributed by atoms with van der Waals surface area (Å²) >= 11 is 0. The van der Waals surface area contributed by atoms with Crippen LogP contribution in [0.5, 0.6) is 0 Å². The lowest BCUT2D eigenvalue weighted by molar-refractivity contribution is 0.0401. The molecule has 0 radical (unpaired) electrons. The molecule has 7 heteroatoms. The minimum absolute atomic E-state index is 0. The van der Waals surface area contributed by atoms with Crippen molar-refractivity contribution in [3.8, 4) is 0 Å². The fourth-order valence-electron chi connectivity index (χ4n) is 1.79. The fraction of sp³-hybridized carbons (Fsp3) is 0.308. The maximum atomic E-state index is 11.7. The quantitative estimate of drug-likeness (QED) is 0.670. The van der Waals surface area contributed by atoms with Gasteiger partial charge in [0.1, 0.15) is 5.84 Å². The minimum Gasteiger partial charge on any atom is -0.434 e. The molecule has 1 heterocycles. The van der Waals surface area contributed by atoms with Gasteiger partial charge in [0.2, 0.25) is 0 Å². The number of amidine groups is 1. The molecule has 0 atom stereocenters. The summed E-state index contributed by atoms with van der Waals surface area (Å²) in [6.07, 6.45) is -0.353. The number of nitrogens with zero attached hydrogens (tertiary/aromatic N) is 1. The molecule has 2 rings (SSSR count). The van der Waals surface area contributed by atoms with Crippen LogP contribution < -0.4 is 5.32 Å². The van der Waals surface area contributed by atoms with E-state index in [-0.39, 0.29) is 19.0 Å². The number of aliphatic imine (C=N–C) groups is 1. The number of fused-ring (bicyclic) bond motifs is 1. The van der Waals surface area contributed by atoms with Gasteiger partial charge >= 0.3 is 12.1 Å². The highest BCUT2D eigenvalue weighted by molar-refractivity contribution is 6.04. The Balaban J connectivity index is 0.00000200. The molecule has 0 saturated heterocycles. The highest BCUT2D eigenvalue weighted by Gasteiger charge is 2.19. The number of anilines is 1. The Kier molecular flexibility index (Phi) is 5.52. The number of carbonyl (C=O) groups is 2. The molecule has 1 aromatic carbocycles. The van der Waals surface area contributed by atoms with Crippen molar-refractivity contribution in [2.75, 3.05) is 19.0 Å². The Morgan fingerprint density at radius 3 is 2.80 bits per heavy atom. The highest BCUT2D eigenvalue weighted by atomic mass is 35.5. The van der Waals surface area contributed by atoms with E-state index < -0.39 is 12.1 Å². The first-order valence-electron chi connectivity index (χ1n) is 5.88. The summed E-state index contributed by atoms with van der Waals surface area (Å²) in [6, 6.07) is 5.03. The van der Waals surface area contributed by atoms with Crippen LogP contribution in [0.15, 0.2) is 23.2 Å². The van der Waals surface area contributed by atoms with E-state index in [1.165, 1.54) is 0 Å². The SMILES string of the molecule is CCOC(=O)OC(=O)c1ccc2c(c1)CC(=NC)N2.Cl. The van der Waals surface area contributed by atoms with E-state index in [0.717, 1.165) is 17.1 Å². The number of carbonyl (C=O) groups excluding carboxylic acids is 2. The molecule has 1 aromatic rings. The average Bonchev–Trinajstić information content (AvgIpc) is 2.80. The average molecular weight is 299 g/mol. The summed E-state index contributed by atoms with van der Waals surface area (Å²) in [5, 5.41) is 3.12. The van der Waals surface area contributed by atoms with Crippen LogP contribution in [-0.4, -0.2) is 31.6 Å². The van der Waals surface area contributed by atoms with Gasteiger partial charge < -0.3 is 14.8 Å². The number of esters is 1. The van der Waals surface area contributed by atoms with E-state index in [4.69, 9.17) is 0 Å². The molecule has 0 bridgehead atoms. The van der Waals surface area contributed by atoms with Gasteiger partial charge in [-0.05, 0) is 30.7 Å². The normalized spacial score (nSPS) is 14.0. The second-order valence-electron chi connectivity index (χ2n) is 3.92. The molecule has 1 N–H and O–H groups in total. The third-order valence-corrected chi connectivity index (χ3v) is 2.69. The van der Waals surface area contributed by atoms with Gasteiger partial charge in [-0.25, -0.2) is 9.59 Å². The number of nitrogens with one attached hydrogen (secondary N) is 1. The lowest BCUT2D eigenvalue weighted by Crippen LogP contribution is -2.14. The summed E-state index contributed by atoms with van der Waals surface area (Å²) < 4.78 is 9.09. The van der Waals surface area contributed by atoms with Crippen LogP contribution in [0.2, 0.25) is 0 Å². The monoisotopic (exact) mass is 298 g/mol. The first kappa shape index (κ1) is 16.0. The number of ether oxygens (including phenoxy) is 2. The zero-order valence-corrected chi connectivity index (χ0v) is 12.0. The molecule has 0 amide bonds. The van der Waals surface area contributed by atoms with Crippen LogP contribution >= 0.6 is 12.4 Å². The number of benzene rings is 1. The Morgan fingerprint density at radius 1 is 1.40 bits per heavy atom. The smallest absolute Gasteiger partial charge is 0.434 e. The predicted molar refractivity (Wildman–Crippen MR) is 76.8 cm³/mol. The van der Waals surface area contributed by atoms with Gasteiger partial charge in [-0.3, -0.25) is 4.99 Å². The van der Waals surface area contributed by atoms with Crippen molar-refractivity contribution < 1.29 is 19.1 Å². The Hall–Kier alpha value is -2.08. The summed E-state index contributed by atoms with van der Waals surface area (Å²) in [6.45, 7) is 1.80. The lowest BCUT2D eigenvalue weighted by atomic mass is 10.1. The van der Waals surface area contributed by atoms with Gasteiger partial charge in [-0.2, -0.15) is 0 Å². The number of hydrogen-bond donors (Lipinski definition) is 1. The molecule has 1 aliphatic rings. The molecule has 1 aliphatic heterocycles. The second kappa shape index (κ2) is 6.91. The Morgan fingerprint density at radius 2 is 2.15 bits per heavy atom. The van der Waals surface area contributed by atoms with E-state index in [2.05, 4.69) is 19.8 Å². The van der Waals surface area contributed by atoms with Gasteiger partial charge in [-0.15, -0.1) is 12.4 Å². The molecular formula is C13H15ClN2O4. The molecule has 0 saturated carbocycles. The molecule has 0 fully saturated rings. The van der Waals surface area contributed by atoms with Crippen molar-refractivity contribution in [3.63, 3.8) is 0 Å². The van der Waals surface area contributed by atoms with Crippen LogP contribution in [0.3, 0.4) is 0 Å². The summed E-state index contributed by atoms with van der Waals surface area (Å²) in [5.41, 5.74) is 2.16. The van der Waals surface area contributed by atoms with Crippen molar-refractivity contribution in [2.24, 2.45) is 4.99 Å². The largest absolute Gasteiger partial charge is 0.516 e. The minimum atomic E-state index is -0.984. The van der Waals surface area contributed by atoms with Crippen molar-refractivity contribution in [1.29, 1.82) is 0 Å². The topological polar surface area (TPSA) is 77.0 Å². The third-order valence-electron chi connectivity index (χ3n) is 2.69. The molecule has 6 nitrogen and oxygen atoms in total. The molecule has 0 aliphatic carbocycles. The van der Waals surface area contributed by atoms with E-state index in [0.29, 0.717) is 12.0 Å². The fourth-order valence-corrected chi connectivity index (χ4v) is 1.79. The lowest BCUT2D eigenvalue weighted by Gasteiger charge is -2.04. The van der Waals surface area contributed by atoms with Crippen molar-refractivity contribution in [2.45, 2.75) is 13.3 Å². The zero-order valence-electron chi connectivity index (χ0n) is 11.1. The molecule has 0 unspecified atom stereocenters. The first-order chi connectivity index (χ1) is 9.13. The maximum Gasteiger partial charge on any atom is 0.516 e. The maximum absolute atomic E-state index is 11.7. The molecule has 0 aromatic heterocycles. The van der Waals surface area contributed by atoms with Crippen molar-refractivity contribution in [1.82, 2.24) is 0 Å². The van der Waals surface area contributed by atoms with Crippen LogP contribution in [0.25, 0.3) is 0 Å². The van der Waals surface area contributed by atoms with E-state index in [1.54, 1.807) is 32.2 Å². The van der Waals surface area contributed by atoms with Gasteiger partial charge in [0.25, 0.3) is 0 Å². The first-order valence-corrected chi connectivity index (χ1v) is 5.88. The summed E-state index contributed by atoms with van der Waals surface area (Å²) in [5.74, 6) is 0.119.